The van der Waals surface area contributed by atoms with Crippen LogP contribution in [0.25, 0.3) is 0 Å². The molecule has 96 valence electrons. The Morgan fingerprint density at radius 3 is 2.32 bits per heavy atom. The number of hydrogen-bond donors (Lipinski definition) is 0. The van der Waals surface area contributed by atoms with Crippen molar-refractivity contribution in [2.24, 2.45) is 4.99 Å². The quantitative estimate of drug-likeness (QED) is 0.610. The molecular formula is C15H11ClFNO. The molecular weight excluding hydrogens is 265 g/mol. The molecule has 0 fully saturated rings. The minimum absolute atomic E-state index is 0.316. The second-order valence-electron chi connectivity index (χ2n) is 4.12. The van der Waals surface area contributed by atoms with E-state index in [4.69, 9.17) is 11.6 Å². The minimum atomic E-state index is -0.362. The summed E-state index contributed by atoms with van der Waals surface area (Å²) in [6.07, 6.45) is 2.11. The predicted octanol–water partition coefficient (Wildman–Crippen LogP) is 4.10. The molecule has 19 heavy (non-hydrogen) atoms. The zero-order chi connectivity index (χ0) is 13.7. The van der Waals surface area contributed by atoms with Gasteiger partial charge in [0.25, 0.3) is 0 Å². The summed E-state index contributed by atoms with van der Waals surface area (Å²) in [7, 11) is 0. The van der Waals surface area contributed by atoms with Crippen LogP contribution < -0.4 is 0 Å². The summed E-state index contributed by atoms with van der Waals surface area (Å²) >= 11 is 5.82. The zero-order valence-corrected chi connectivity index (χ0v) is 10.8. The predicted molar refractivity (Wildman–Crippen MR) is 72.4 cm³/mol. The molecule has 0 aliphatic carbocycles. The molecule has 2 aromatic carbocycles. The monoisotopic (exact) mass is 275 g/mol. The topological polar surface area (TPSA) is 29.4 Å². The lowest BCUT2D eigenvalue weighted by Crippen LogP contribution is -2.00. The Hall–Kier alpha value is -1.96. The highest BCUT2D eigenvalue weighted by Crippen LogP contribution is 2.23. The summed E-state index contributed by atoms with van der Waals surface area (Å²) < 4.78 is 12.9. The van der Waals surface area contributed by atoms with Gasteiger partial charge in [0.15, 0.2) is 0 Å². The van der Waals surface area contributed by atoms with Crippen molar-refractivity contribution in [2.45, 2.75) is 12.5 Å². The third-order valence-electron chi connectivity index (χ3n) is 2.81. The molecule has 2 aromatic rings. The first-order valence-electron chi connectivity index (χ1n) is 5.76. The van der Waals surface area contributed by atoms with Gasteiger partial charge in [-0.1, -0.05) is 35.9 Å². The molecule has 1 atom stereocenters. The number of rotatable bonds is 4. The Morgan fingerprint density at radius 2 is 1.74 bits per heavy atom. The van der Waals surface area contributed by atoms with Gasteiger partial charge in [-0.05, 0) is 41.8 Å². The molecule has 0 N–H and O–H groups in total. The molecule has 0 radical (unpaired) electrons. The van der Waals surface area contributed by atoms with E-state index >= 15 is 0 Å². The molecule has 0 spiro atoms. The fraction of sp³-hybridized carbons (Fsp3) is 0.133. The summed E-state index contributed by atoms with van der Waals surface area (Å²) in [6, 6.07) is 12.9. The van der Waals surface area contributed by atoms with Crippen LogP contribution in [0.5, 0.6) is 0 Å². The molecule has 2 nitrogen and oxygen atoms in total. The largest absolute Gasteiger partial charge is 0.235 e. The highest BCUT2D eigenvalue weighted by molar-refractivity contribution is 6.30. The van der Waals surface area contributed by atoms with Crippen LogP contribution in [0.4, 0.5) is 4.39 Å². The lowest BCUT2D eigenvalue weighted by atomic mass is 9.99. The van der Waals surface area contributed by atoms with E-state index < -0.39 is 0 Å². The van der Waals surface area contributed by atoms with E-state index in [1.54, 1.807) is 30.3 Å². The number of nitrogens with zero attached hydrogens (tertiary/aromatic N) is 1. The van der Waals surface area contributed by atoms with Crippen molar-refractivity contribution in [3.8, 4) is 0 Å². The number of hydrogen-bond acceptors (Lipinski definition) is 2. The van der Waals surface area contributed by atoms with Crippen molar-refractivity contribution in [3.05, 3.63) is 70.5 Å². The van der Waals surface area contributed by atoms with E-state index in [0.717, 1.165) is 11.1 Å². The van der Waals surface area contributed by atoms with Gasteiger partial charge < -0.3 is 0 Å². The van der Waals surface area contributed by atoms with Crippen molar-refractivity contribution in [2.75, 3.05) is 0 Å². The van der Waals surface area contributed by atoms with Crippen LogP contribution in [0, 0.1) is 5.82 Å². The molecule has 1 unspecified atom stereocenters. The molecule has 0 aromatic heterocycles. The lowest BCUT2D eigenvalue weighted by Gasteiger charge is -2.11. The fourth-order valence-corrected chi connectivity index (χ4v) is 1.96. The fourth-order valence-electron chi connectivity index (χ4n) is 1.83. The lowest BCUT2D eigenvalue weighted by molar-refractivity contribution is 0.557. The van der Waals surface area contributed by atoms with Crippen molar-refractivity contribution in [3.63, 3.8) is 0 Å². The maximum absolute atomic E-state index is 12.9. The summed E-state index contributed by atoms with van der Waals surface area (Å²) in [5.74, 6) is -0.316. The number of aliphatic imine (C=N–C) groups is 1. The van der Waals surface area contributed by atoms with Crippen LogP contribution in [0.3, 0.4) is 0 Å². The first-order chi connectivity index (χ1) is 9.19. The van der Waals surface area contributed by atoms with E-state index in [-0.39, 0.29) is 11.9 Å². The van der Waals surface area contributed by atoms with Crippen molar-refractivity contribution < 1.29 is 9.18 Å². The van der Waals surface area contributed by atoms with Crippen LogP contribution in [-0.4, -0.2) is 6.08 Å². The second-order valence-corrected chi connectivity index (χ2v) is 4.55. The van der Waals surface area contributed by atoms with Crippen LogP contribution in [0.15, 0.2) is 53.5 Å². The van der Waals surface area contributed by atoms with E-state index in [1.807, 2.05) is 12.1 Å². The smallest absolute Gasteiger partial charge is 0.211 e. The Balaban J connectivity index is 2.23. The Labute approximate surface area is 115 Å². The molecule has 0 saturated heterocycles. The van der Waals surface area contributed by atoms with E-state index in [0.29, 0.717) is 11.4 Å². The van der Waals surface area contributed by atoms with Crippen LogP contribution in [-0.2, 0) is 11.2 Å². The Kier molecular flexibility index (Phi) is 4.45. The SMILES string of the molecule is O=C=NC(Cc1ccc(Cl)cc1)c1ccc(F)cc1. The van der Waals surface area contributed by atoms with E-state index in [2.05, 4.69) is 4.99 Å². The highest BCUT2D eigenvalue weighted by Gasteiger charge is 2.11. The highest BCUT2D eigenvalue weighted by atomic mass is 35.5. The summed E-state index contributed by atoms with van der Waals surface area (Å²) in [5.41, 5.74) is 1.78. The maximum Gasteiger partial charge on any atom is 0.235 e. The molecule has 0 bridgehead atoms. The van der Waals surface area contributed by atoms with Gasteiger partial charge in [0.2, 0.25) is 6.08 Å². The number of carbonyl (C=O) groups excluding carboxylic acids is 1. The normalized spacial score (nSPS) is 11.7. The molecule has 4 heteroatoms. The molecule has 0 heterocycles. The van der Waals surface area contributed by atoms with Gasteiger partial charge in [0.05, 0.1) is 6.04 Å². The van der Waals surface area contributed by atoms with Crippen LogP contribution >= 0.6 is 11.6 Å². The average Bonchev–Trinajstić information content (AvgIpc) is 2.42. The minimum Gasteiger partial charge on any atom is -0.211 e. The van der Waals surface area contributed by atoms with Crippen molar-refractivity contribution >= 4 is 17.7 Å². The zero-order valence-electron chi connectivity index (χ0n) is 10.0. The van der Waals surface area contributed by atoms with Gasteiger partial charge in [0, 0.05) is 5.02 Å². The van der Waals surface area contributed by atoms with Gasteiger partial charge >= 0.3 is 0 Å². The third-order valence-corrected chi connectivity index (χ3v) is 3.06. The third kappa shape index (κ3) is 3.75. The van der Waals surface area contributed by atoms with E-state index in [9.17, 15) is 9.18 Å². The standard InChI is InChI=1S/C15H11ClFNO/c16-13-5-1-11(2-6-13)9-15(18-10-19)12-3-7-14(17)8-4-12/h1-8,15H,9H2. The molecule has 0 saturated carbocycles. The maximum atomic E-state index is 12.9. The number of isocyanates is 1. The van der Waals surface area contributed by atoms with Crippen molar-refractivity contribution in [1.82, 2.24) is 0 Å². The van der Waals surface area contributed by atoms with Gasteiger partial charge in [-0.15, -0.1) is 0 Å². The van der Waals surface area contributed by atoms with Crippen LogP contribution in [0.1, 0.15) is 17.2 Å². The molecule has 0 aliphatic rings. The van der Waals surface area contributed by atoms with Gasteiger partial charge in [-0.25, -0.2) is 9.18 Å². The number of halogens is 2. The number of benzene rings is 2. The Morgan fingerprint density at radius 1 is 1.11 bits per heavy atom. The van der Waals surface area contributed by atoms with Crippen molar-refractivity contribution in [1.29, 1.82) is 0 Å². The van der Waals surface area contributed by atoms with Crippen LogP contribution in [0.2, 0.25) is 5.02 Å². The average molecular weight is 276 g/mol. The summed E-state index contributed by atoms with van der Waals surface area (Å²) in [4.78, 5) is 14.3. The Bertz CT molecular complexity index is 589. The van der Waals surface area contributed by atoms with E-state index in [1.165, 1.54) is 12.1 Å². The molecule has 0 aliphatic heterocycles. The van der Waals surface area contributed by atoms with Gasteiger partial charge in [0.1, 0.15) is 5.82 Å². The summed E-state index contributed by atoms with van der Waals surface area (Å²) in [5, 5.41) is 0.654. The molecule has 2 rings (SSSR count). The first kappa shape index (κ1) is 13.5. The first-order valence-corrected chi connectivity index (χ1v) is 6.14. The summed E-state index contributed by atoms with van der Waals surface area (Å²) in [6.45, 7) is 0. The molecule has 0 amide bonds. The van der Waals surface area contributed by atoms with Gasteiger partial charge in [-0.3, -0.25) is 0 Å². The van der Waals surface area contributed by atoms with Gasteiger partial charge in [-0.2, -0.15) is 4.99 Å². The second kappa shape index (κ2) is 6.28.